The number of aromatic nitrogens is 1. The lowest BCUT2D eigenvalue weighted by Gasteiger charge is -2.36. The van der Waals surface area contributed by atoms with Crippen molar-refractivity contribution < 1.29 is 5.11 Å². The van der Waals surface area contributed by atoms with Crippen LogP contribution in [-0.4, -0.2) is 35.1 Å². The Morgan fingerprint density at radius 2 is 2.11 bits per heavy atom. The highest BCUT2D eigenvalue weighted by Crippen LogP contribution is 2.37. The second kappa shape index (κ2) is 4.51. The van der Waals surface area contributed by atoms with Crippen molar-refractivity contribution in [2.45, 2.75) is 18.4 Å². The fourth-order valence-corrected chi connectivity index (χ4v) is 2.91. The van der Waals surface area contributed by atoms with Gasteiger partial charge in [-0.15, -0.1) is 0 Å². The first kappa shape index (κ1) is 12.5. The summed E-state index contributed by atoms with van der Waals surface area (Å²) in [6, 6.07) is 6.19. The fourth-order valence-electron chi connectivity index (χ4n) is 2.91. The highest BCUT2D eigenvalue weighted by Gasteiger charge is 2.34. The summed E-state index contributed by atoms with van der Waals surface area (Å²) in [6.07, 6.45) is 5.38. The predicted octanol–water partition coefficient (Wildman–Crippen LogP) is 2.72. The average Bonchev–Trinajstić information content (AvgIpc) is 2.86. The van der Waals surface area contributed by atoms with E-state index in [1.54, 1.807) is 0 Å². The summed E-state index contributed by atoms with van der Waals surface area (Å²) in [7, 11) is 2.10. The molecule has 19 heavy (non-hydrogen) atoms. The van der Waals surface area contributed by atoms with Crippen LogP contribution < -0.4 is 0 Å². The van der Waals surface area contributed by atoms with E-state index in [1.807, 2.05) is 24.4 Å². The number of nitrogens with one attached hydrogen (secondary N) is 1. The van der Waals surface area contributed by atoms with Crippen LogP contribution in [0.15, 0.2) is 31.0 Å². The largest absolute Gasteiger partial charge is 0.385 e. The van der Waals surface area contributed by atoms with Crippen molar-refractivity contribution in [3.8, 4) is 0 Å². The van der Waals surface area contributed by atoms with Gasteiger partial charge in [-0.2, -0.15) is 0 Å². The van der Waals surface area contributed by atoms with Crippen molar-refractivity contribution in [1.29, 1.82) is 0 Å². The van der Waals surface area contributed by atoms with E-state index in [-0.39, 0.29) is 0 Å². The Bertz CT molecular complexity index is 606. The zero-order valence-electron chi connectivity index (χ0n) is 11.3. The van der Waals surface area contributed by atoms with Crippen LogP contribution in [0.2, 0.25) is 0 Å². The molecule has 1 saturated heterocycles. The van der Waals surface area contributed by atoms with Gasteiger partial charge in [0.1, 0.15) is 0 Å². The van der Waals surface area contributed by atoms with Crippen LogP contribution >= 0.6 is 0 Å². The first-order valence-electron chi connectivity index (χ1n) is 6.77. The maximum atomic E-state index is 10.9. The lowest BCUT2D eigenvalue weighted by Crippen LogP contribution is -2.40. The van der Waals surface area contributed by atoms with Crippen LogP contribution in [0.25, 0.3) is 17.0 Å². The Morgan fingerprint density at radius 3 is 2.79 bits per heavy atom. The van der Waals surface area contributed by atoms with Gasteiger partial charge in [0.2, 0.25) is 0 Å². The highest BCUT2D eigenvalue weighted by atomic mass is 16.3. The highest BCUT2D eigenvalue weighted by molar-refractivity contribution is 5.86. The molecule has 1 aliphatic rings. The molecule has 0 atom stereocenters. The third-order valence-electron chi connectivity index (χ3n) is 4.26. The molecule has 2 aromatic rings. The molecule has 0 saturated carbocycles. The zero-order chi connectivity index (χ0) is 13.5. The van der Waals surface area contributed by atoms with Gasteiger partial charge >= 0.3 is 0 Å². The van der Waals surface area contributed by atoms with E-state index in [2.05, 4.69) is 29.6 Å². The van der Waals surface area contributed by atoms with Gasteiger partial charge in [0.25, 0.3) is 0 Å². The van der Waals surface area contributed by atoms with Crippen molar-refractivity contribution in [2.24, 2.45) is 0 Å². The first-order valence-corrected chi connectivity index (χ1v) is 6.77. The van der Waals surface area contributed by atoms with E-state index in [0.29, 0.717) is 0 Å². The molecular weight excluding hydrogens is 236 g/mol. The summed E-state index contributed by atoms with van der Waals surface area (Å²) < 4.78 is 0. The Kier molecular flexibility index (Phi) is 2.96. The number of rotatable bonds is 2. The molecule has 0 radical (unpaired) electrons. The number of aromatic amines is 1. The monoisotopic (exact) mass is 256 g/mol. The maximum Gasteiger partial charge on any atom is 0.0941 e. The van der Waals surface area contributed by atoms with Crippen molar-refractivity contribution in [3.63, 3.8) is 0 Å². The molecule has 1 fully saturated rings. The van der Waals surface area contributed by atoms with Gasteiger partial charge in [0, 0.05) is 35.8 Å². The van der Waals surface area contributed by atoms with Gasteiger partial charge in [0.05, 0.1) is 5.60 Å². The maximum absolute atomic E-state index is 10.9. The van der Waals surface area contributed by atoms with E-state index in [9.17, 15) is 5.11 Å². The zero-order valence-corrected chi connectivity index (χ0v) is 11.3. The molecule has 0 amide bonds. The normalized spacial score (nSPS) is 19.7. The Balaban J connectivity index is 2.06. The number of fused-ring (bicyclic) bond motifs is 1. The van der Waals surface area contributed by atoms with E-state index in [0.717, 1.165) is 48.0 Å². The molecule has 1 aromatic carbocycles. The Morgan fingerprint density at radius 1 is 1.37 bits per heavy atom. The molecule has 1 aromatic heterocycles. The first-order chi connectivity index (χ1) is 9.12. The summed E-state index contributed by atoms with van der Waals surface area (Å²) >= 11 is 0. The molecule has 0 unspecified atom stereocenters. The summed E-state index contributed by atoms with van der Waals surface area (Å²) in [5, 5.41) is 12.1. The Hall–Kier alpha value is -1.58. The lowest BCUT2D eigenvalue weighted by atomic mass is 9.84. The molecule has 0 aliphatic carbocycles. The smallest absolute Gasteiger partial charge is 0.0941 e. The molecule has 100 valence electrons. The van der Waals surface area contributed by atoms with Gasteiger partial charge in [-0.3, -0.25) is 0 Å². The molecule has 3 nitrogen and oxygen atoms in total. The van der Waals surface area contributed by atoms with Gasteiger partial charge in [-0.1, -0.05) is 18.7 Å². The van der Waals surface area contributed by atoms with E-state index < -0.39 is 5.60 Å². The quantitative estimate of drug-likeness (QED) is 0.867. The van der Waals surface area contributed by atoms with Crippen LogP contribution in [0, 0.1) is 0 Å². The SMILES string of the molecule is C=Cc1ccc2[nH]cc(C3(O)CCN(C)CC3)c2c1. The summed E-state index contributed by atoms with van der Waals surface area (Å²) in [4.78, 5) is 5.53. The number of aliphatic hydroxyl groups is 1. The van der Waals surface area contributed by atoms with Crippen LogP contribution in [0.3, 0.4) is 0 Å². The topological polar surface area (TPSA) is 39.3 Å². The molecule has 3 heteroatoms. The van der Waals surface area contributed by atoms with Crippen LogP contribution in [0.4, 0.5) is 0 Å². The second-order valence-electron chi connectivity index (χ2n) is 5.55. The minimum Gasteiger partial charge on any atom is -0.385 e. The molecule has 2 heterocycles. The van der Waals surface area contributed by atoms with Gasteiger partial charge in [0.15, 0.2) is 0 Å². The van der Waals surface area contributed by atoms with Crippen molar-refractivity contribution in [3.05, 3.63) is 42.1 Å². The summed E-state index contributed by atoms with van der Waals surface area (Å²) in [5.74, 6) is 0. The Labute approximate surface area is 113 Å². The van der Waals surface area contributed by atoms with E-state index in [4.69, 9.17) is 0 Å². The van der Waals surface area contributed by atoms with Crippen molar-refractivity contribution in [1.82, 2.24) is 9.88 Å². The summed E-state index contributed by atoms with van der Waals surface area (Å²) in [6.45, 7) is 5.68. The standard InChI is InChI=1S/C16H20N2O/c1-3-12-4-5-15-13(10-12)14(11-17-15)16(19)6-8-18(2)9-7-16/h3-5,10-11,17,19H,1,6-9H2,2H3. The number of hydrogen-bond acceptors (Lipinski definition) is 2. The molecule has 0 bridgehead atoms. The molecule has 2 N–H and O–H groups in total. The van der Waals surface area contributed by atoms with E-state index >= 15 is 0 Å². The average molecular weight is 256 g/mol. The van der Waals surface area contributed by atoms with Crippen LogP contribution in [0.1, 0.15) is 24.0 Å². The summed E-state index contributed by atoms with van der Waals surface area (Å²) in [5.41, 5.74) is 2.49. The van der Waals surface area contributed by atoms with Crippen LogP contribution in [-0.2, 0) is 5.60 Å². The van der Waals surface area contributed by atoms with Crippen molar-refractivity contribution in [2.75, 3.05) is 20.1 Å². The fraction of sp³-hybridized carbons (Fsp3) is 0.375. The second-order valence-corrected chi connectivity index (χ2v) is 5.55. The third-order valence-corrected chi connectivity index (χ3v) is 4.26. The number of piperidine rings is 1. The predicted molar refractivity (Wildman–Crippen MR) is 79.0 cm³/mol. The van der Waals surface area contributed by atoms with Gasteiger partial charge in [-0.25, -0.2) is 0 Å². The number of likely N-dealkylation sites (tertiary alicyclic amines) is 1. The molecular formula is C16H20N2O. The van der Waals surface area contributed by atoms with Crippen molar-refractivity contribution >= 4 is 17.0 Å². The number of nitrogens with zero attached hydrogens (tertiary/aromatic N) is 1. The number of benzene rings is 1. The number of hydrogen-bond donors (Lipinski definition) is 2. The third kappa shape index (κ3) is 2.09. The van der Waals surface area contributed by atoms with E-state index in [1.165, 1.54) is 0 Å². The number of H-pyrrole nitrogens is 1. The van der Waals surface area contributed by atoms with Crippen LogP contribution in [0.5, 0.6) is 0 Å². The van der Waals surface area contributed by atoms with Gasteiger partial charge in [-0.05, 0) is 37.6 Å². The molecule has 0 spiro atoms. The minimum absolute atomic E-state index is 0.704. The molecule has 1 aliphatic heterocycles. The lowest BCUT2D eigenvalue weighted by molar-refractivity contribution is -0.0190. The molecule has 3 rings (SSSR count). The minimum atomic E-state index is -0.704. The van der Waals surface area contributed by atoms with Gasteiger partial charge < -0.3 is 15.0 Å².